The first kappa shape index (κ1) is 16.7. The highest BCUT2D eigenvalue weighted by molar-refractivity contribution is 5.75. The molecule has 1 aliphatic carbocycles. The quantitative estimate of drug-likeness (QED) is 0.495. The highest BCUT2D eigenvalue weighted by Crippen LogP contribution is 2.39. The van der Waals surface area contributed by atoms with Crippen molar-refractivity contribution in [1.29, 1.82) is 0 Å². The van der Waals surface area contributed by atoms with Gasteiger partial charge in [0, 0.05) is 13.7 Å². The Labute approximate surface area is 123 Å². The van der Waals surface area contributed by atoms with E-state index in [0.717, 1.165) is 7.11 Å². The number of carbonyl (C=O) groups is 1. The summed E-state index contributed by atoms with van der Waals surface area (Å²) in [6.45, 7) is -1.75. The van der Waals surface area contributed by atoms with Crippen molar-refractivity contribution >= 4 is 5.97 Å². The van der Waals surface area contributed by atoms with Gasteiger partial charge in [0.15, 0.2) is 23.3 Å². The second-order valence-electron chi connectivity index (χ2n) is 5.04. The molecule has 122 valence electrons. The molecule has 0 saturated heterocycles. The molecule has 2 rings (SSSR count). The number of halogens is 4. The largest absolute Gasteiger partial charge is 0.460 e. The van der Waals surface area contributed by atoms with Crippen LogP contribution in [-0.4, -0.2) is 24.8 Å². The number of methoxy groups -OCH3 is 1. The summed E-state index contributed by atoms with van der Waals surface area (Å²) in [5, 5.41) is 8.81. The fourth-order valence-corrected chi connectivity index (χ4v) is 2.11. The molecular formula is C14H14F4O4. The lowest BCUT2D eigenvalue weighted by atomic mass is 10.1. The molecule has 0 aliphatic heterocycles. The van der Waals surface area contributed by atoms with E-state index in [-0.39, 0.29) is 12.5 Å². The molecule has 1 N–H and O–H groups in total. The summed E-state index contributed by atoms with van der Waals surface area (Å²) in [5.74, 6) is -7.93. The van der Waals surface area contributed by atoms with Gasteiger partial charge in [0.05, 0.1) is 23.7 Å². The van der Waals surface area contributed by atoms with E-state index in [2.05, 4.69) is 9.47 Å². The van der Waals surface area contributed by atoms with E-state index in [1.165, 1.54) is 0 Å². The number of rotatable bonds is 6. The van der Waals surface area contributed by atoms with Crippen LogP contribution in [0, 0.1) is 35.1 Å². The zero-order valence-electron chi connectivity index (χ0n) is 11.7. The molecule has 2 atom stereocenters. The van der Waals surface area contributed by atoms with E-state index in [4.69, 9.17) is 5.11 Å². The zero-order valence-corrected chi connectivity index (χ0v) is 11.7. The summed E-state index contributed by atoms with van der Waals surface area (Å²) in [4.78, 5) is 11.5. The molecule has 1 aromatic rings. The van der Waals surface area contributed by atoms with E-state index in [9.17, 15) is 22.4 Å². The first-order chi connectivity index (χ1) is 10.4. The maximum absolute atomic E-state index is 13.8. The summed E-state index contributed by atoms with van der Waals surface area (Å²) in [6.07, 6.45) is 0.412. The van der Waals surface area contributed by atoms with Crippen LogP contribution in [0.2, 0.25) is 0 Å². The minimum Gasteiger partial charge on any atom is -0.460 e. The zero-order chi connectivity index (χ0) is 16.4. The number of hydrogen-bond donors (Lipinski definition) is 1. The molecule has 1 saturated carbocycles. The predicted molar refractivity (Wildman–Crippen MR) is 65.5 cm³/mol. The number of carbonyl (C=O) groups excluding carboxylic acids is 1. The molecule has 1 fully saturated rings. The number of hydrogen-bond acceptors (Lipinski definition) is 4. The van der Waals surface area contributed by atoms with Gasteiger partial charge in [-0.3, -0.25) is 4.79 Å². The molecule has 2 unspecified atom stereocenters. The molecule has 0 radical (unpaired) electrons. The third-order valence-electron chi connectivity index (χ3n) is 3.55. The average Bonchev–Trinajstić information content (AvgIpc) is 3.29. The van der Waals surface area contributed by atoms with Gasteiger partial charge in [-0.05, 0) is 12.3 Å². The summed E-state index contributed by atoms with van der Waals surface area (Å²) in [6, 6.07) is 0. The molecule has 0 heterocycles. The Hall–Kier alpha value is -1.67. The van der Waals surface area contributed by atoms with Gasteiger partial charge in [0.2, 0.25) is 0 Å². The second kappa shape index (κ2) is 6.62. The molecule has 1 aliphatic rings. The number of benzene rings is 1. The molecule has 4 nitrogen and oxygen atoms in total. The van der Waals surface area contributed by atoms with Gasteiger partial charge in [-0.15, -0.1) is 0 Å². The van der Waals surface area contributed by atoms with Crippen LogP contribution >= 0.6 is 0 Å². The van der Waals surface area contributed by atoms with E-state index < -0.39 is 59.5 Å². The first-order valence-electron chi connectivity index (χ1n) is 6.52. The predicted octanol–water partition coefficient (Wildman–Crippen LogP) is 2.06. The van der Waals surface area contributed by atoms with Crippen molar-refractivity contribution in [2.75, 3.05) is 13.7 Å². The number of ether oxygens (including phenoxy) is 2. The van der Waals surface area contributed by atoms with E-state index in [1.807, 2.05) is 0 Å². The SMILES string of the molecule is COCc1c(F)c(F)c(COC(=O)C2CC2CO)c(F)c1F. The Morgan fingerprint density at radius 2 is 1.59 bits per heavy atom. The highest BCUT2D eigenvalue weighted by atomic mass is 19.2. The molecule has 0 spiro atoms. The molecule has 22 heavy (non-hydrogen) atoms. The van der Waals surface area contributed by atoms with Crippen molar-refractivity contribution in [2.24, 2.45) is 11.8 Å². The third-order valence-corrected chi connectivity index (χ3v) is 3.55. The maximum atomic E-state index is 13.8. The Morgan fingerprint density at radius 1 is 1.09 bits per heavy atom. The van der Waals surface area contributed by atoms with Gasteiger partial charge < -0.3 is 14.6 Å². The third kappa shape index (κ3) is 3.07. The molecule has 0 amide bonds. The van der Waals surface area contributed by atoms with Crippen LogP contribution in [0.4, 0.5) is 17.6 Å². The molecule has 0 bridgehead atoms. The van der Waals surface area contributed by atoms with Crippen molar-refractivity contribution in [1.82, 2.24) is 0 Å². The molecule has 8 heteroatoms. The summed E-state index contributed by atoms with van der Waals surface area (Å²) in [7, 11) is 1.12. The topological polar surface area (TPSA) is 55.8 Å². The Balaban J connectivity index is 2.16. The van der Waals surface area contributed by atoms with Gasteiger partial charge in [-0.25, -0.2) is 17.6 Å². The molecule has 0 aromatic heterocycles. The number of esters is 1. The van der Waals surface area contributed by atoms with E-state index in [1.54, 1.807) is 0 Å². The first-order valence-corrected chi connectivity index (χ1v) is 6.52. The molecule has 1 aromatic carbocycles. The van der Waals surface area contributed by atoms with Gasteiger partial charge in [-0.2, -0.15) is 0 Å². The van der Waals surface area contributed by atoms with Crippen LogP contribution in [0.5, 0.6) is 0 Å². The minimum atomic E-state index is -1.62. The minimum absolute atomic E-state index is 0.197. The van der Waals surface area contributed by atoms with Crippen LogP contribution in [0.3, 0.4) is 0 Å². The van der Waals surface area contributed by atoms with Crippen molar-refractivity contribution in [3.8, 4) is 0 Å². The summed E-state index contributed by atoms with van der Waals surface area (Å²) >= 11 is 0. The lowest BCUT2D eigenvalue weighted by Gasteiger charge is -2.12. The van der Waals surface area contributed by atoms with Crippen LogP contribution in [0.15, 0.2) is 0 Å². The normalized spacial score (nSPS) is 20.1. The Kier molecular flexibility index (Phi) is 5.02. The van der Waals surface area contributed by atoms with Gasteiger partial charge in [0.1, 0.15) is 6.61 Å². The van der Waals surface area contributed by atoms with E-state index >= 15 is 0 Å². The monoisotopic (exact) mass is 322 g/mol. The van der Waals surface area contributed by atoms with Gasteiger partial charge >= 0.3 is 5.97 Å². The fourth-order valence-electron chi connectivity index (χ4n) is 2.11. The maximum Gasteiger partial charge on any atom is 0.309 e. The Bertz CT molecular complexity index is 562. The number of aliphatic hydroxyl groups is 1. The smallest absolute Gasteiger partial charge is 0.309 e. The van der Waals surface area contributed by atoms with Crippen LogP contribution in [0.1, 0.15) is 17.5 Å². The Morgan fingerprint density at radius 3 is 2.00 bits per heavy atom. The van der Waals surface area contributed by atoms with Crippen molar-refractivity contribution in [2.45, 2.75) is 19.6 Å². The highest BCUT2D eigenvalue weighted by Gasteiger charge is 2.43. The van der Waals surface area contributed by atoms with Crippen molar-refractivity contribution < 1.29 is 36.9 Å². The summed E-state index contributed by atoms with van der Waals surface area (Å²) in [5.41, 5.74) is -1.86. The lowest BCUT2D eigenvalue weighted by molar-refractivity contribution is -0.147. The van der Waals surface area contributed by atoms with E-state index in [0.29, 0.717) is 6.42 Å². The standard InChI is InChI=1S/C14H14F4O4/c1-21-4-8-10(15)12(17)9(13(18)11(8)16)5-22-14(20)7-2-6(7)3-19/h6-7,19H,2-5H2,1H3. The lowest BCUT2D eigenvalue weighted by Crippen LogP contribution is -2.14. The van der Waals surface area contributed by atoms with Crippen molar-refractivity contribution in [3.05, 3.63) is 34.4 Å². The van der Waals surface area contributed by atoms with Gasteiger partial charge in [-0.1, -0.05) is 0 Å². The second-order valence-corrected chi connectivity index (χ2v) is 5.04. The number of aliphatic hydroxyl groups excluding tert-OH is 1. The molecular weight excluding hydrogens is 308 g/mol. The van der Waals surface area contributed by atoms with Crippen molar-refractivity contribution in [3.63, 3.8) is 0 Å². The van der Waals surface area contributed by atoms with Crippen LogP contribution < -0.4 is 0 Å². The van der Waals surface area contributed by atoms with Crippen LogP contribution in [0.25, 0.3) is 0 Å². The fraction of sp³-hybridized carbons (Fsp3) is 0.500. The average molecular weight is 322 g/mol. The van der Waals surface area contributed by atoms with Crippen LogP contribution in [-0.2, 0) is 27.5 Å². The summed E-state index contributed by atoms with van der Waals surface area (Å²) < 4.78 is 64.0. The van der Waals surface area contributed by atoms with Gasteiger partial charge in [0.25, 0.3) is 0 Å².